The number of carbonyl (C=O) groups excluding carboxylic acids is 2. The fourth-order valence-electron chi connectivity index (χ4n) is 2.73. The van der Waals surface area contributed by atoms with Crippen LogP contribution in [0.4, 0.5) is 0 Å². The topological polar surface area (TPSA) is 58.6 Å². The molecule has 1 saturated heterocycles. The van der Waals surface area contributed by atoms with Crippen LogP contribution in [0, 0.1) is 5.92 Å². The van der Waals surface area contributed by atoms with E-state index in [0.29, 0.717) is 19.4 Å². The van der Waals surface area contributed by atoms with Gasteiger partial charge in [-0.2, -0.15) is 0 Å². The van der Waals surface area contributed by atoms with Crippen molar-refractivity contribution in [3.8, 4) is 5.75 Å². The van der Waals surface area contributed by atoms with E-state index >= 15 is 0 Å². The maximum atomic E-state index is 12.0. The third-order valence-electron chi connectivity index (χ3n) is 3.95. The molecule has 1 N–H and O–H groups in total. The predicted octanol–water partition coefficient (Wildman–Crippen LogP) is 1.61. The third-order valence-corrected chi connectivity index (χ3v) is 3.95. The minimum absolute atomic E-state index is 0.0244. The molecule has 1 unspecified atom stereocenters. The van der Waals surface area contributed by atoms with Gasteiger partial charge in [-0.25, -0.2) is 0 Å². The van der Waals surface area contributed by atoms with Crippen molar-refractivity contribution in [2.75, 3.05) is 20.2 Å². The van der Waals surface area contributed by atoms with E-state index in [1.807, 2.05) is 43.0 Å². The highest BCUT2D eigenvalue weighted by Crippen LogP contribution is 2.19. The van der Waals surface area contributed by atoms with Crippen molar-refractivity contribution in [3.05, 3.63) is 29.8 Å². The monoisotopic (exact) mass is 304 g/mol. The number of ether oxygens (including phenoxy) is 1. The van der Waals surface area contributed by atoms with Crippen molar-refractivity contribution in [1.82, 2.24) is 10.2 Å². The van der Waals surface area contributed by atoms with Crippen LogP contribution in [0.5, 0.6) is 5.75 Å². The molecule has 1 aliphatic heterocycles. The van der Waals surface area contributed by atoms with E-state index in [0.717, 1.165) is 17.9 Å². The maximum Gasteiger partial charge on any atom is 0.224 e. The van der Waals surface area contributed by atoms with E-state index in [9.17, 15) is 9.59 Å². The van der Waals surface area contributed by atoms with Gasteiger partial charge in [-0.1, -0.05) is 12.1 Å². The first kappa shape index (κ1) is 16.3. The van der Waals surface area contributed by atoms with Crippen LogP contribution in [-0.4, -0.2) is 43.0 Å². The molecule has 2 amide bonds. The normalized spacial score (nSPS) is 17.9. The second kappa shape index (κ2) is 7.29. The molecule has 1 aromatic rings. The van der Waals surface area contributed by atoms with Crippen LogP contribution in [0.15, 0.2) is 24.3 Å². The van der Waals surface area contributed by atoms with Crippen molar-refractivity contribution in [3.63, 3.8) is 0 Å². The molecule has 1 aromatic carbocycles. The Morgan fingerprint density at radius 2 is 2.23 bits per heavy atom. The lowest BCUT2D eigenvalue weighted by Gasteiger charge is -2.21. The summed E-state index contributed by atoms with van der Waals surface area (Å²) >= 11 is 0. The van der Waals surface area contributed by atoms with Crippen LogP contribution in [0.25, 0.3) is 0 Å². The van der Waals surface area contributed by atoms with Gasteiger partial charge in [-0.3, -0.25) is 9.59 Å². The molecule has 0 radical (unpaired) electrons. The zero-order chi connectivity index (χ0) is 16.1. The minimum atomic E-state index is -0.0244. The zero-order valence-electron chi connectivity index (χ0n) is 13.5. The molecule has 0 aliphatic carbocycles. The van der Waals surface area contributed by atoms with Gasteiger partial charge >= 0.3 is 0 Å². The highest BCUT2D eigenvalue weighted by atomic mass is 16.5. The summed E-state index contributed by atoms with van der Waals surface area (Å²) in [5.41, 5.74) is 0.920. The quantitative estimate of drug-likeness (QED) is 0.868. The lowest BCUT2D eigenvalue weighted by Crippen LogP contribution is -2.34. The molecule has 1 atom stereocenters. The Morgan fingerprint density at radius 3 is 2.86 bits per heavy atom. The number of methoxy groups -OCH3 is 1. The predicted molar refractivity (Wildman–Crippen MR) is 84.7 cm³/mol. The van der Waals surface area contributed by atoms with Crippen LogP contribution in [-0.2, 0) is 16.0 Å². The number of nitrogens with zero attached hydrogens (tertiary/aromatic N) is 1. The number of likely N-dealkylation sites (tertiary alicyclic amines) is 1. The van der Waals surface area contributed by atoms with Crippen LogP contribution in [0.3, 0.4) is 0 Å². The van der Waals surface area contributed by atoms with Crippen molar-refractivity contribution >= 4 is 11.8 Å². The standard InChI is InChI=1S/C17H24N2O3/c1-12(2)19-11-14(9-17(19)21)10-18-16(20)8-13-5-4-6-15(7-13)22-3/h4-7,12,14H,8-11H2,1-3H3,(H,18,20). The molecule has 5 nitrogen and oxygen atoms in total. The van der Waals surface area contributed by atoms with Crippen LogP contribution < -0.4 is 10.1 Å². The van der Waals surface area contributed by atoms with Crippen molar-refractivity contribution in [2.45, 2.75) is 32.7 Å². The van der Waals surface area contributed by atoms with Crippen LogP contribution in [0.1, 0.15) is 25.8 Å². The van der Waals surface area contributed by atoms with Gasteiger partial charge in [-0.05, 0) is 31.5 Å². The average molecular weight is 304 g/mol. The van der Waals surface area contributed by atoms with E-state index in [1.165, 1.54) is 0 Å². The average Bonchev–Trinajstić information content (AvgIpc) is 2.86. The molecule has 1 fully saturated rings. The number of amides is 2. The smallest absolute Gasteiger partial charge is 0.224 e. The molecule has 5 heteroatoms. The first-order valence-corrected chi connectivity index (χ1v) is 7.68. The largest absolute Gasteiger partial charge is 0.497 e. The molecule has 0 aromatic heterocycles. The van der Waals surface area contributed by atoms with Gasteiger partial charge < -0.3 is 15.0 Å². The highest BCUT2D eigenvalue weighted by Gasteiger charge is 2.30. The number of carbonyl (C=O) groups is 2. The van der Waals surface area contributed by atoms with Gasteiger partial charge in [0.15, 0.2) is 0 Å². The fraction of sp³-hybridized carbons (Fsp3) is 0.529. The lowest BCUT2D eigenvalue weighted by molar-refractivity contribution is -0.129. The molecule has 1 aliphatic rings. The van der Waals surface area contributed by atoms with Gasteiger partial charge in [0.25, 0.3) is 0 Å². The number of nitrogens with one attached hydrogen (secondary N) is 1. The van der Waals surface area contributed by atoms with Gasteiger partial charge in [0.1, 0.15) is 5.75 Å². The highest BCUT2D eigenvalue weighted by molar-refractivity contribution is 5.80. The van der Waals surface area contributed by atoms with E-state index in [2.05, 4.69) is 5.32 Å². The summed E-state index contributed by atoms with van der Waals surface area (Å²) in [5, 5.41) is 2.93. The lowest BCUT2D eigenvalue weighted by atomic mass is 10.1. The molecule has 0 bridgehead atoms. The number of rotatable bonds is 6. The van der Waals surface area contributed by atoms with E-state index in [4.69, 9.17) is 4.74 Å². The number of benzene rings is 1. The summed E-state index contributed by atoms with van der Waals surface area (Å²) < 4.78 is 5.15. The second-order valence-electron chi connectivity index (χ2n) is 6.04. The summed E-state index contributed by atoms with van der Waals surface area (Å²) in [5.74, 6) is 1.12. The Hall–Kier alpha value is -2.04. The van der Waals surface area contributed by atoms with Crippen LogP contribution >= 0.6 is 0 Å². The van der Waals surface area contributed by atoms with Crippen LogP contribution in [0.2, 0.25) is 0 Å². The first-order valence-electron chi connectivity index (χ1n) is 7.68. The summed E-state index contributed by atoms with van der Waals surface area (Å²) in [6, 6.07) is 7.72. The van der Waals surface area contributed by atoms with E-state index in [-0.39, 0.29) is 23.8 Å². The Labute approximate surface area is 131 Å². The molecule has 0 saturated carbocycles. The van der Waals surface area contributed by atoms with E-state index in [1.54, 1.807) is 7.11 Å². The molecular formula is C17H24N2O3. The Morgan fingerprint density at radius 1 is 1.45 bits per heavy atom. The third kappa shape index (κ3) is 4.23. The van der Waals surface area contributed by atoms with Crippen molar-refractivity contribution in [2.24, 2.45) is 5.92 Å². The van der Waals surface area contributed by atoms with E-state index < -0.39 is 0 Å². The van der Waals surface area contributed by atoms with Crippen molar-refractivity contribution in [1.29, 1.82) is 0 Å². The molecule has 1 heterocycles. The van der Waals surface area contributed by atoms with Gasteiger partial charge in [0, 0.05) is 31.5 Å². The summed E-state index contributed by atoms with van der Waals surface area (Å²) in [6.45, 7) is 5.32. The Balaban J connectivity index is 1.80. The summed E-state index contributed by atoms with van der Waals surface area (Å²) in [6.07, 6.45) is 0.851. The van der Waals surface area contributed by atoms with Gasteiger partial charge in [-0.15, -0.1) is 0 Å². The summed E-state index contributed by atoms with van der Waals surface area (Å²) in [4.78, 5) is 25.7. The van der Waals surface area contributed by atoms with Gasteiger partial charge in [0.2, 0.25) is 11.8 Å². The Kier molecular flexibility index (Phi) is 5.41. The number of hydrogen-bond donors (Lipinski definition) is 1. The van der Waals surface area contributed by atoms with Gasteiger partial charge in [0.05, 0.1) is 13.5 Å². The summed E-state index contributed by atoms with van der Waals surface area (Å²) in [7, 11) is 1.61. The number of hydrogen-bond acceptors (Lipinski definition) is 3. The molecule has 0 spiro atoms. The molecule has 22 heavy (non-hydrogen) atoms. The first-order chi connectivity index (χ1) is 10.5. The molecule has 120 valence electrons. The zero-order valence-corrected chi connectivity index (χ0v) is 13.5. The maximum absolute atomic E-state index is 12.0. The SMILES string of the molecule is COc1cccc(CC(=O)NCC2CC(=O)N(C(C)C)C2)c1. The second-order valence-corrected chi connectivity index (χ2v) is 6.04. The minimum Gasteiger partial charge on any atom is -0.497 e. The fourth-order valence-corrected chi connectivity index (χ4v) is 2.73. The van der Waals surface area contributed by atoms with Crippen molar-refractivity contribution < 1.29 is 14.3 Å². The molecule has 2 rings (SSSR count). The Bertz CT molecular complexity index is 542. The molecular weight excluding hydrogens is 280 g/mol.